The van der Waals surface area contributed by atoms with Gasteiger partial charge in [0, 0.05) is 17.1 Å². The Morgan fingerprint density at radius 1 is 0.422 bits per heavy atom. The second kappa shape index (κ2) is 26.8. The summed E-state index contributed by atoms with van der Waals surface area (Å²) in [6.07, 6.45) is 26.6. The van der Waals surface area contributed by atoms with Crippen LogP contribution in [0.25, 0.3) is 0 Å². The standard InChI is InChI=1S/2C18H30O3S.Cu/c2*1-2-3-4-5-6-7-8-9-10-11-14-17-15-12-13-16-18(17)22(19,20)21;/h2*12-13,15-16H,2-11,14H2,1H3,(H,19,20,21);. The number of benzene rings is 2. The average Bonchev–Trinajstić information content (AvgIpc) is 2.99. The summed E-state index contributed by atoms with van der Waals surface area (Å²) in [6, 6.07) is 13.5. The monoisotopic (exact) mass is 715 g/mol. The molecule has 2 rings (SSSR count). The minimum atomic E-state index is -4.10. The average molecular weight is 717 g/mol. The van der Waals surface area contributed by atoms with E-state index in [0.29, 0.717) is 12.8 Å². The van der Waals surface area contributed by atoms with Crippen molar-refractivity contribution >= 4 is 20.2 Å². The van der Waals surface area contributed by atoms with E-state index in [0.717, 1.165) is 36.8 Å². The van der Waals surface area contributed by atoms with Crippen molar-refractivity contribution in [3.8, 4) is 0 Å². The molecule has 2 N–H and O–H groups in total. The van der Waals surface area contributed by atoms with Gasteiger partial charge in [0.05, 0.1) is 9.79 Å². The Balaban J connectivity index is 0.000000842. The largest absolute Gasteiger partial charge is 0.294 e. The molecule has 0 unspecified atom stereocenters. The van der Waals surface area contributed by atoms with E-state index >= 15 is 0 Å². The van der Waals surface area contributed by atoms with Crippen molar-refractivity contribution in [2.75, 3.05) is 0 Å². The molecule has 0 aliphatic rings. The van der Waals surface area contributed by atoms with Crippen molar-refractivity contribution in [1.29, 1.82) is 0 Å². The molecule has 0 fully saturated rings. The van der Waals surface area contributed by atoms with Crippen molar-refractivity contribution in [1.82, 2.24) is 0 Å². The molecule has 0 aliphatic heterocycles. The number of hydrogen-bond acceptors (Lipinski definition) is 4. The maximum absolute atomic E-state index is 11.3. The van der Waals surface area contributed by atoms with Gasteiger partial charge in [-0.1, -0.05) is 166 Å². The summed E-state index contributed by atoms with van der Waals surface area (Å²) >= 11 is 0. The fourth-order valence-electron chi connectivity index (χ4n) is 5.53. The van der Waals surface area contributed by atoms with Gasteiger partial charge in [-0.15, -0.1) is 0 Å². The minimum absolute atomic E-state index is 0. The summed E-state index contributed by atoms with van der Waals surface area (Å²) in [5.74, 6) is 0. The fraction of sp³-hybridized carbons (Fsp3) is 0.667. The molecular weight excluding hydrogens is 656 g/mol. The SMILES string of the molecule is CCCCCCCCCCCCc1ccccc1S(=O)(=O)O.CCCCCCCCCCCCc1ccccc1S(=O)(=O)O.[Cu]. The number of aryl methyl sites for hydroxylation is 2. The van der Waals surface area contributed by atoms with E-state index in [9.17, 15) is 25.9 Å². The third-order valence-electron chi connectivity index (χ3n) is 8.10. The van der Waals surface area contributed by atoms with Gasteiger partial charge in [0.1, 0.15) is 0 Å². The van der Waals surface area contributed by atoms with Crippen molar-refractivity contribution in [3.05, 3.63) is 59.7 Å². The van der Waals surface area contributed by atoms with Crippen LogP contribution in [0.3, 0.4) is 0 Å². The molecule has 6 nitrogen and oxygen atoms in total. The molecule has 2 aromatic rings. The van der Waals surface area contributed by atoms with E-state index in [4.69, 9.17) is 0 Å². The maximum Gasteiger partial charge on any atom is 0.294 e. The molecule has 0 spiro atoms. The summed E-state index contributed by atoms with van der Waals surface area (Å²) in [4.78, 5) is 0.122. The van der Waals surface area contributed by atoms with E-state index in [2.05, 4.69) is 13.8 Å². The molecule has 0 saturated heterocycles. The van der Waals surface area contributed by atoms with E-state index < -0.39 is 20.2 Å². The van der Waals surface area contributed by atoms with Gasteiger partial charge in [0.15, 0.2) is 0 Å². The second-order valence-electron chi connectivity index (χ2n) is 12.0. The summed E-state index contributed by atoms with van der Waals surface area (Å²) < 4.78 is 63.6. The molecule has 0 atom stereocenters. The number of hydrogen-bond donors (Lipinski definition) is 2. The normalized spacial score (nSPS) is 11.5. The first-order valence-electron chi connectivity index (χ1n) is 17.2. The van der Waals surface area contributed by atoms with Crippen LogP contribution in [0, 0.1) is 0 Å². The van der Waals surface area contributed by atoms with Crippen LogP contribution in [0.5, 0.6) is 0 Å². The predicted octanol–water partition coefficient (Wildman–Crippen LogP) is 10.8. The molecule has 1 radical (unpaired) electrons. The summed E-state index contributed by atoms with van der Waals surface area (Å²) in [5, 5.41) is 0. The van der Waals surface area contributed by atoms with Crippen molar-refractivity contribution < 1.29 is 43.0 Å². The Hall–Kier alpha value is -1.22. The van der Waals surface area contributed by atoms with Crippen LogP contribution in [0.15, 0.2) is 58.3 Å². The quantitative estimate of drug-likeness (QED) is 0.0636. The molecule has 0 saturated carbocycles. The molecular formula is C36H60CuO6S2. The maximum atomic E-state index is 11.3. The van der Waals surface area contributed by atoms with Crippen molar-refractivity contribution in [2.45, 2.75) is 165 Å². The van der Waals surface area contributed by atoms with Gasteiger partial charge in [-0.25, -0.2) is 0 Å². The first-order valence-corrected chi connectivity index (χ1v) is 20.1. The van der Waals surface area contributed by atoms with E-state index in [1.54, 1.807) is 24.3 Å². The minimum Gasteiger partial charge on any atom is -0.282 e. The van der Waals surface area contributed by atoms with Gasteiger partial charge >= 0.3 is 0 Å². The molecule has 0 bridgehead atoms. The van der Waals surface area contributed by atoms with Gasteiger partial charge in [-0.3, -0.25) is 9.11 Å². The number of rotatable bonds is 24. The Labute approximate surface area is 286 Å². The van der Waals surface area contributed by atoms with Crippen LogP contribution in [0.2, 0.25) is 0 Å². The third-order valence-corrected chi connectivity index (χ3v) is 10.0. The van der Waals surface area contributed by atoms with E-state index in [1.165, 1.54) is 115 Å². The van der Waals surface area contributed by atoms with Gasteiger partial charge in [0.25, 0.3) is 20.2 Å². The zero-order valence-corrected chi connectivity index (χ0v) is 30.4. The molecule has 0 aromatic heterocycles. The van der Waals surface area contributed by atoms with Crippen LogP contribution in [-0.2, 0) is 50.1 Å². The smallest absolute Gasteiger partial charge is 0.282 e. The third kappa shape index (κ3) is 22.1. The summed E-state index contributed by atoms with van der Waals surface area (Å²) in [6.45, 7) is 4.47. The van der Waals surface area contributed by atoms with Crippen LogP contribution >= 0.6 is 0 Å². The Kier molecular flexibility index (Phi) is 26.1. The van der Waals surface area contributed by atoms with Gasteiger partial charge in [-0.05, 0) is 48.9 Å². The summed E-state index contributed by atoms with van der Waals surface area (Å²) in [7, 11) is -8.19. The Morgan fingerprint density at radius 3 is 0.933 bits per heavy atom. The Morgan fingerprint density at radius 2 is 0.667 bits per heavy atom. The first-order chi connectivity index (χ1) is 21.1. The fourth-order valence-corrected chi connectivity index (χ4v) is 7.03. The Bertz CT molecular complexity index is 1120. The summed E-state index contributed by atoms with van der Waals surface area (Å²) in [5.41, 5.74) is 1.45. The first kappa shape index (κ1) is 43.8. The van der Waals surface area contributed by atoms with E-state index in [1.807, 2.05) is 12.1 Å². The van der Waals surface area contributed by atoms with Crippen LogP contribution in [0.1, 0.15) is 153 Å². The van der Waals surface area contributed by atoms with Gasteiger partial charge in [-0.2, -0.15) is 16.8 Å². The van der Waals surface area contributed by atoms with Gasteiger partial charge in [0.2, 0.25) is 0 Å². The molecule has 0 amide bonds. The zero-order chi connectivity index (χ0) is 32.5. The van der Waals surface area contributed by atoms with Crippen molar-refractivity contribution in [2.24, 2.45) is 0 Å². The molecule has 2 aromatic carbocycles. The van der Waals surface area contributed by atoms with Crippen LogP contribution < -0.4 is 0 Å². The molecule has 0 aliphatic carbocycles. The topological polar surface area (TPSA) is 109 Å². The van der Waals surface area contributed by atoms with Crippen LogP contribution in [-0.4, -0.2) is 25.9 Å². The van der Waals surface area contributed by atoms with Gasteiger partial charge < -0.3 is 0 Å². The van der Waals surface area contributed by atoms with Crippen molar-refractivity contribution in [3.63, 3.8) is 0 Å². The predicted molar refractivity (Wildman–Crippen MR) is 184 cm³/mol. The molecule has 45 heavy (non-hydrogen) atoms. The molecule has 9 heteroatoms. The van der Waals surface area contributed by atoms with E-state index in [-0.39, 0.29) is 26.9 Å². The second-order valence-corrected chi connectivity index (χ2v) is 14.8. The molecule has 0 heterocycles. The molecule has 263 valence electrons. The number of unbranched alkanes of at least 4 members (excludes halogenated alkanes) is 18. The zero-order valence-electron chi connectivity index (χ0n) is 27.8. The van der Waals surface area contributed by atoms with Crippen LogP contribution in [0.4, 0.5) is 0 Å².